The van der Waals surface area contributed by atoms with Crippen molar-refractivity contribution in [3.63, 3.8) is 0 Å². The monoisotopic (exact) mass is 171 g/mol. The molecule has 0 atom stereocenters. The fourth-order valence-corrected chi connectivity index (χ4v) is 0.394. The van der Waals surface area contributed by atoms with Crippen LogP contribution in [0.3, 0.4) is 0 Å². The molecule has 0 unspecified atom stereocenters. The van der Waals surface area contributed by atoms with Crippen molar-refractivity contribution in [1.29, 1.82) is 0 Å². The third-order valence-corrected chi connectivity index (χ3v) is 1.13. The van der Waals surface area contributed by atoms with Crippen LogP contribution in [0.5, 0.6) is 0 Å². The molecule has 0 aliphatic carbocycles. The van der Waals surface area contributed by atoms with Crippen LogP contribution in [-0.4, -0.2) is 49.4 Å². The van der Waals surface area contributed by atoms with Crippen molar-refractivity contribution in [1.82, 2.24) is 0 Å². The van der Waals surface area contributed by atoms with Crippen molar-refractivity contribution in [2.75, 3.05) is 0 Å². The van der Waals surface area contributed by atoms with Crippen LogP contribution in [0, 0.1) is 0 Å². The van der Waals surface area contributed by atoms with Gasteiger partial charge in [0, 0.05) is 12.4 Å². The van der Waals surface area contributed by atoms with E-state index in [4.69, 9.17) is 11.5 Å². The summed E-state index contributed by atoms with van der Waals surface area (Å²) < 4.78 is 0. The minimum Gasteiger partial charge on any atom is -0.550 e. The number of carboxylic acid groups (broad SMARTS) is 1. The van der Waals surface area contributed by atoms with Gasteiger partial charge in [0.2, 0.25) is 0 Å². The fourth-order valence-electron chi connectivity index (χ4n) is 0.394. The topological polar surface area (TPSA) is 92.2 Å². The second-order valence-corrected chi connectivity index (χ2v) is 2.14. The second-order valence-electron chi connectivity index (χ2n) is 2.14. The SMILES string of the molecule is CCC(N)(N)CC(=O)[O-].[Ca+2]. The standard InChI is InChI=1S/C5H12N2O2.Ca/c1-2-5(6,7)3-4(8)9;/h2-3,6-7H2,1H3,(H,8,9);/q;+2/p-1. The van der Waals surface area contributed by atoms with Crippen molar-refractivity contribution in [3.8, 4) is 0 Å². The van der Waals surface area contributed by atoms with Crippen molar-refractivity contribution in [3.05, 3.63) is 0 Å². The molecule has 0 bridgehead atoms. The van der Waals surface area contributed by atoms with Gasteiger partial charge in [-0.2, -0.15) is 0 Å². The largest absolute Gasteiger partial charge is 2.00 e. The molecular weight excluding hydrogens is 160 g/mol. The second kappa shape index (κ2) is 5.32. The van der Waals surface area contributed by atoms with Gasteiger partial charge in [0.15, 0.2) is 0 Å². The van der Waals surface area contributed by atoms with Crippen LogP contribution in [0.15, 0.2) is 0 Å². The average Bonchev–Trinajstić information content (AvgIpc) is 1.63. The molecule has 0 saturated heterocycles. The Bertz CT molecular complexity index is 116. The Morgan fingerprint density at radius 3 is 2.10 bits per heavy atom. The zero-order valence-corrected chi connectivity index (χ0v) is 8.30. The predicted molar refractivity (Wildman–Crippen MR) is 36.8 cm³/mol. The quantitative estimate of drug-likeness (QED) is 0.371. The van der Waals surface area contributed by atoms with Gasteiger partial charge in [0.1, 0.15) is 0 Å². The third-order valence-electron chi connectivity index (χ3n) is 1.13. The van der Waals surface area contributed by atoms with Gasteiger partial charge >= 0.3 is 37.7 Å². The van der Waals surface area contributed by atoms with E-state index in [0.29, 0.717) is 6.42 Å². The van der Waals surface area contributed by atoms with E-state index in [-0.39, 0.29) is 44.2 Å². The summed E-state index contributed by atoms with van der Waals surface area (Å²) in [4.78, 5) is 9.90. The molecule has 0 heterocycles. The molecule has 4 N–H and O–H groups in total. The summed E-state index contributed by atoms with van der Waals surface area (Å²) >= 11 is 0. The first-order valence-electron chi connectivity index (χ1n) is 2.75. The van der Waals surface area contributed by atoms with Gasteiger partial charge in [-0.15, -0.1) is 0 Å². The summed E-state index contributed by atoms with van der Waals surface area (Å²) in [5.41, 5.74) is 9.45. The Morgan fingerprint density at radius 2 is 2.00 bits per heavy atom. The van der Waals surface area contributed by atoms with Crippen molar-refractivity contribution >= 4 is 43.7 Å². The van der Waals surface area contributed by atoms with Crippen LogP contribution in [0.25, 0.3) is 0 Å². The molecule has 0 aromatic heterocycles. The number of hydrogen-bond donors (Lipinski definition) is 2. The summed E-state index contributed by atoms with van der Waals surface area (Å²) in [7, 11) is 0. The Hall–Kier alpha value is 0.650. The normalized spacial score (nSPS) is 10.3. The molecule has 5 heteroatoms. The van der Waals surface area contributed by atoms with Gasteiger partial charge in [-0.25, -0.2) is 0 Å². The molecule has 0 aliphatic rings. The first-order valence-corrected chi connectivity index (χ1v) is 2.75. The molecule has 0 spiro atoms. The molecule has 0 saturated carbocycles. The molecule has 0 aliphatic heterocycles. The van der Waals surface area contributed by atoms with Crippen LogP contribution >= 0.6 is 0 Å². The van der Waals surface area contributed by atoms with Gasteiger partial charge in [-0.05, 0) is 6.42 Å². The minimum atomic E-state index is -1.21. The Balaban J connectivity index is 0. The summed E-state index contributed by atoms with van der Waals surface area (Å²) in [6.07, 6.45) is 0.143. The summed E-state index contributed by atoms with van der Waals surface area (Å²) in [5.74, 6) is -1.21. The fraction of sp³-hybridized carbons (Fsp3) is 0.800. The van der Waals surface area contributed by atoms with Crippen LogP contribution in [-0.2, 0) is 4.79 Å². The molecule has 0 fully saturated rings. The van der Waals surface area contributed by atoms with Crippen molar-refractivity contribution in [2.24, 2.45) is 11.5 Å². The third kappa shape index (κ3) is 6.77. The zero-order valence-electron chi connectivity index (χ0n) is 6.09. The Morgan fingerprint density at radius 1 is 1.60 bits per heavy atom. The molecule has 0 rings (SSSR count). The maximum Gasteiger partial charge on any atom is 2.00 e. The number of aliphatic carboxylic acids is 1. The average molecular weight is 171 g/mol. The van der Waals surface area contributed by atoms with Gasteiger partial charge in [-0.1, -0.05) is 6.92 Å². The van der Waals surface area contributed by atoms with Crippen molar-refractivity contribution in [2.45, 2.75) is 25.4 Å². The van der Waals surface area contributed by atoms with E-state index in [0.717, 1.165) is 0 Å². The maximum atomic E-state index is 9.90. The van der Waals surface area contributed by atoms with Gasteiger partial charge in [-0.3, -0.25) is 0 Å². The molecule has 0 radical (unpaired) electrons. The summed E-state index contributed by atoms with van der Waals surface area (Å²) in [6.45, 7) is 1.73. The predicted octanol–water partition coefficient (Wildman–Crippen LogP) is -2.23. The number of rotatable bonds is 3. The van der Waals surface area contributed by atoms with Crippen LogP contribution in [0.2, 0.25) is 0 Å². The molecular formula is C5H11CaN2O2+. The van der Waals surface area contributed by atoms with Crippen LogP contribution < -0.4 is 16.6 Å². The Kier molecular flexibility index (Phi) is 7.05. The van der Waals surface area contributed by atoms with Crippen LogP contribution in [0.1, 0.15) is 19.8 Å². The molecule has 54 valence electrons. The number of carboxylic acids is 1. The van der Waals surface area contributed by atoms with E-state index in [1.165, 1.54) is 0 Å². The smallest absolute Gasteiger partial charge is 0.550 e. The number of hydrogen-bond acceptors (Lipinski definition) is 4. The molecule has 0 aromatic carbocycles. The molecule has 10 heavy (non-hydrogen) atoms. The zero-order chi connectivity index (χ0) is 7.49. The maximum absolute atomic E-state index is 9.90. The first kappa shape index (κ1) is 13.3. The number of carbonyl (C=O) groups excluding carboxylic acids is 1. The van der Waals surface area contributed by atoms with E-state index >= 15 is 0 Å². The van der Waals surface area contributed by atoms with Crippen LogP contribution in [0.4, 0.5) is 0 Å². The van der Waals surface area contributed by atoms with Gasteiger partial charge in [0.25, 0.3) is 0 Å². The van der Waals surface area contributed by atoms with E-state index in [1.54, 1.807) is 6.92 Å². The van der Waals surface area contributed by atoms with E-state index in [9.17, 15) is 9.90 Å². The van der Waals surface area contributed by atoms with Gasteiger partial charge < -0.3 is 21.4 Å². The molecule has 0 amide bonds. The molecule has 4 nitrogen and oxygen atoms in total. The molecule has 0 aromatic rings. The van der Waals surface area contributed by atoms with E-state index < -0.39 is 11.6 Å². The first-order chi connectivity index (χ1) is 3.98. The van der Waals surface area contributed by atoms with E-state index in [2.05, 4.69) is 0 Å². The van der Waals surface area contributed by atoms with Gasteiger partial charge in [0.05, 0.1) is 5.66 Å². The Labute approximate surface area is 90.0 Å². The number of nitrogens with two attached hydrogens (primary N) is 2. The summed E-state index contributed by atoms with van der Waals surface area (Å²) in [5, 5.41) is 9.90. The number of carbonyl (C=O) groups is 1. The summed E-state index contributed by atoms with van der Waals surface area (Å²) in [6, 6.07) is 0. The van der Waals surface area contributed by atoms with E-state index in [1.807, 2.05) is 0 Å². The van der Waals surface area contributed by atoms with Crippen molar-refractivity contribution < 1.29 is 9.90 Å². The minimum absolute atomic E-state index is 0.